The average Bonchev–Trinajstić information content (AvgIpc) is 3.00. The lowest BCUT2D eigenvalue weighted by atomic mass is 9.77. The first-order chi connectivity index (χ1) is 12.4. The number of nitrogens with one attached hydrogen (secondary N) is 1. The molecule has 26 heavy (non-hydrogen) atoms. The number of H-pyrrole nitrogens is 1. The molecule has 0 bridgehead atoms. The van der Waals surface area contributed by atoms with E-state index in [1.165, 1.54) is 17.8 Å². The van der Waals surface area contributed by atoms with E-state index in [0.717, 1.165) is 25.9 Å². The summed E-state index contributed by atoms with van der Waals surface area (Å²) in [6.45, 7) is 3.41. The number of aromatic nitrogens is 2. The van der Waals surface area contributed by atoms with Gasteiger partial charge in [0, 0.05) is 38.0 Å². The van der Waals surface area contributed by atoms with Gasteiger partial charge in [-0.15, -0.1) is 0 Å². The van der Waals surface area contributed by atoms with Crippen LogP contribution in [0.3, 0.4) is 0 Å². The van der Waals surface area contributed by atoms with Gasteiger partial charge in [0.2, 0.25) is 5.91 Å². The molecular weight excluding hydrogens is 352 g/mol. The van der Waals surface area contributed by atoms with Crippen molar-refractivity contribution in [1.82, 2.24) is 19.8 Å². The van der Waals surface area contributed by atoms with Crippen LogP contribution in [0.5, 0.6) is 0 Å². The Balaban J connectivity index is 1.58. The van der Waals surface area contributed by atoms with Crippen molar-refractivity contribution in [1.29, 1.82) is 0 Å². The van der Waals surface area contributed by atoms with Crippen LogP contribution in [0, 0.1) is 18.8 Å². The molecule has 2 fully saturated rings. The summed E-state index contributed by atoms with van der Waals surface area (Å²) in [5, 5.41) is 0.507. The first kappa shape index (κ1) is 19.4. The minimum Gasteiger partial charge on any atom is -0.380 e. The summed E-state index contributed by atoms with van der Waals surface area (Å²) in [4.78, 5) is 35.3. The van der Waals surface area contributed by atoms with Gasteiger partial charge >= 0.3 is 0 Å². The molecule has 1 aromatic rings. The van der Waals surface area contributed by atoms with Crippen molar-refractivity contribution in [3.05, 3.63) is 22.1 Å². The lowest BCUT2D eigenvalue weighted by Crippen LogP contribution is -2.47. The SMILES string of the molecule is CO[C@@H]1C[C@H]2CN(C(=O)CSc3nc(C)cc(=O)[nH]3)C[C@H]2C[C@H]1N(C)C. The molecule has 1 saturated heterocycles. The number of carbonyl (C=O) groups excluding carboxylic acids is 1. The van der Waals surface area contributed by atoms with Crippen LogP contribution in [0.25, 0.3) is 0 Å². The van der Waals surface area contributed by atoms with Crippen LogP contribution in [-0.4, -0.2) is 77.9 Å². The molecule has 8 heteroatoms. The van der Waals surface area contributed by atoms with E-state index in [0.29, 0.717) is 34.5 Å². The Morgan fingerprint density at radius 1 is 1.38 bits per heavy atom. The Labute approximate surface area is 158 Å². The highest BCUT2D eigenvalue weighted by Gasteiger charge is 2.44. The zero-order valence-electron chi connectivity index (χ0n) is 15.9. The van der Waals surface area contributed by atoms with Crippen LogP contribution >= 0.6 is 11.8 Å². The van der Waals surface area contributed by atoms with Gasteiger partial charge in [0.15, 0.2) is 5.16 Å². The number of rotatable bonds is 5. The molecule has 0 radical (unpaired) electrons. The van der Waals surface area contributed by atoms with E-state index in [1.54, 1.807) is 14.0 Å². The van der Waals surface area contributed by atoms with E-state index in [1.807, 2.05) is 4.90 Å². The van der Waals surface area contributed by atoms with E-state index >= 15 is 0 Å². The van der Waals surface area contributed by atoms with Gasteiger partial charge in [-0.25, -0.2) is 4.98 Å². The second kappa shape index (κ2) is 8.10. The van der Waals surface area contributed by atoms with Crippen molar-refractivity contribution in [2.24, 2.45) is 11.8 Å². The van der Waals surface area contributed by atoms with Gasteiger partial charge < -0.3 is 19.5 Å². The van der Waals surface area contributed by atoms with E-state index in [2.05, 4.69) is 29.0 Å². The van der Waals surface area contributed by atoms with Crippen molar-refractivity contribution < 1.29 is 9.53 Å². The van der Waals surface area contributed by atoms with Crippen LogP contribution in [-0.2, 0) is 9.53 Å². The van der Waals surface area contributed by atoms with E-state index < -0.39 is 0 Å². The number of nitrogens with zero attached hydrogens (tertiary/aromatic N) is 3. The number of thioether (sulfide) groups is 1. The van der Waals surface area contributed by atoms with Crippen molar-refractivity contribution in [2.75, 3.05) is 40.0 Å². The first-order valence-corrected chi connectivity index (χ1v) is 10.0. The minimum atomic E-state index is -0.181. The van der Waals surface area contributed by atoms with Crippen molar-refractivity contribution in [3.8, 4) is 0 Å². The molecule has 0 aromatic carbocycles. The topological polar surface area (TPSA) is 78.5 Å². The molecule has 1 aromatic heterocycles. The second-order valence-corrected chi connectivity index (χ2v) is 8.54. The maximum Gasteiger partial charge on any atom is 0.251 e. The van der Waals surface area contributed by atoms with E-state index in [9.17, 15) is 9.59 Å². The molecule has 1 aliphatic carbocycles. The fourth-order valence-electron chi connectivity index (χ4n) is 4.23. The fraction of sp³-hybridized carbons (Fsp3) is 0.722. The summed E-state index contributed by atoms with van der Waals surface area (Å²) in [6, 6.07) is 1.86. The number of hydrogen-bond donors (Lipinski definition) is 1. The number of amides is 1. The normalized spacial score (nSPS) is 28.4. The van der Waals surface area contributed by atoms with Crippen LogP contribution in [0.15, 0.2) is 16.0 Å². The third-order valence-electron chi connectivity index (χ3n) is 5.58. The molecule has 0 unspecified atom stereocenters. The van der Waals surface area contributed by atoms with Crippen molar-refractivity contribution >= 4 is 17.7 Å². The summed E-state index contributed by atoms with van der Waals surface area (Å²) in [5.41, 5.74) is 0.483. The summed E-state index contributed by atoms with van der Waals surface area (Å²) in [6.07, 6.45) is 2.31. The molecule has 2 heterocycles. The molecule has 1 amide bonds. The number of methoxy groups -OCH3 is 1. The Hall–Kier alpha value is -1.38. The van der Waals surface area contributed by atoms with Gasteiger partial charge in [0.25, 0.3) is 5.56 Å². The summed E-state index contributed by atoms with van der Waals surface area (Å²) in [5.74, 6) is 1.47. The van der Waals surface area contributed by atoms with Crippen LogP contribution < -0.4 is 5.56 Å². The molecular formula is C18H28N4O3S. The maximum absolute atomic E-state index is 12.6. The Kier molecular flexibility index (Phi) is 6.04. The molecule has 144 valence electrons. The third-order valence-corrected chi connectivity index (χ3v) is 6.44. The molecule has 2 aliphatic rings. The number of likely N-dealkylation sites (N-methyl/N-ethyl adjacent to an activating group) is 1. The molecule has 3 rings (SSSR count). The smallest absolute Gasteiger partial charge is 0.251 e. The molecule has 1 aliphatic heterocycles. The predicted molar refractivity (Wildman–Crippen MR) is 101 cm³/mol. The number of aryl methyl sites for hydroxylation is 1. The van der Waals surface area contributed by atoms with Gasteiger partial charge in [0.05, 0.1) is 11.9 Å². The quantitative estimate of drug-likeness (QED) is 0.606. The van der Waals surface area contributed by atoms with Crippen LogP contribution in [0.1, 0.15) is 18.5 Å². The van der Waals surface area contributed by atoms with E-state index in [4.69, 9.17) is 4.74 Å². The van der Waals surface area contributed by atoms with Gasteiger partial charge in [0.1, 0.15) is 0 Å². The highest BCUT2D eigenvalue weighted by atomic mass is 32.2. The second-order valence-electron chi connectivity index (χ2n) is 7.58. The number of carbonyl (C=O) groups is 1. The average molecular weight is 381 g/mol. The zero-order chi connectivity index (χ0) is 18.8. The van der Waals surface area contributed by atoms with Crippen molar-refractivity contribution in [2.45, 2.75) is 37.1 Å². The Morgan fingerprint density at radius 2 is 2.08 bits per heavy atom. The molecule has 7 nitrogen and oxygen atoms in total. The molecule has 0 spiro atoms. The van der Waals surface area contributed by atoms with Gasteiger partial charge in [-0.05, 0) is 45.7 Å². The third kappa shape index (κ3) is 4.29. The molecule has 1 N–H and O–H groups in total. The number of aromatic amines is 1. The van der Waals surface area contributed by atoms with Gasteiger partial charge in [-0.2, -0.15) is 0 Å². The van der Waals surface area contributed by atoms with Crippen LogP contribution in [0.2, 0.25) is 0 Å². The maximum atomic E-state index is 12.6. The summed E-state index contributed by atoms with van der Waals surface area (Å²) in [7, 11) is 5.98. The summed E-state index contributed by atoms with van der Waals surface area (Å²) < 4.78 is 5.71. The van der Waals surface area contributed by atoms with Crippen molar-refractivity contribution in [3.63, 3.8) is 0 Å². The number of ether oxygens (including phenoxy) is 1. The van der Waals surface area contributed by atoms with Crippen LogP contribution in [0.4, 0.5) is 0 Å². The number of fused-ring (bicyclic) bond motifs is 1. The number of likely N-dealkylation sites (tertiary alicyclic amines) is 1. The lowest BCUT2D eigenvalue weighted by Gasteiger charge is -2.40. The standard InChI is InChI=1S/C18H28N4O3S/c1-11-5-16(23)20-18(19-11)26-10-17(24)22-8-12-6-14(21(2)3)15(25-4)7-13(12)9-22/h5,12-15H,6-10H2,1-4H3,(H,19,20,23)/t12-,13+,14-,15-/m1/s1. The zero-order valence-corrected chi connectivity index (χ0v) is 16.7. The fourth-order valence-corrected chi connectivity index (χ4v) is 5.06. The Bertz CT molecular complexity index is 708. The summed E-state index contributed by atoms with van der Waals surface area (Å²) >= 11 is 1.30. The number of hydrogen-bond acceptors (Lipinski definition) is 6. The highest BCUT2D eigenvalue weighted by molar-refractivity contribution is 7.99. The largest absolute Gasteiger partial charge is 0.380 e. The first-order valence-electron chi connectivity index (χ1n) is 9.05. The Morgan fingerprint density at radius 3 is 2.69 bits per heavy atom. The highest BCUT2D eigenvalue weighted by Crippen LogP contribution is 2.39. The van der Waals surface area contributed by atoms with E-state index in [-0.39, 0.29) is 17.6 Å². The van der Waals surface area contributed by atoms with Gasteiger partial charge in [-0.1, -0.05) is 11.8 Å². The predicted octanol–water partition coefficient (Wildman–Crippen LogP) is 0.984. The van der Waals surface area contributed by atoms with Gasteiger partial charge in [-0.3, -0.25) is 9.59 Å². The lowest BCUT2D eigenvalue weighted by molar-refractivity contribution is -0.127. The minimum absolute atomic E-state index is 0.115. The molecule has 4 atom stereocenters. The monoisotopic (exact) mass is 380 g/mol. The molecule has 1 saturated carbocycles.